The summed E-state index contributed by atoms with van der Waals surface area (Å²) in [7, 11) is 0. The van der Waals surface area contributed by atoms with Gasteiger partial charge in [-0.25, -0.2) is 0 Å². The molecule has 4 heteroatoms. The third-order valence-corrected chi connectivity index (χ3v) is 3.87. The lowest BCUT2D eigenvalue weighted by Crippen LogP contribution is -1.84. The third kappa shape index (κ3) is 1.34. The molecule has 2 nitrogen and oxygen atoms in total. The molecular formula is C10H6BrNOS. The normalized spacial score (nSPS) is 10.4. The first-order valence-electron chi connectivity index (χ1n) is 3.98. The van der Waals surface area contributed by atoms with Crippen LogP contribution in [0.25, 0.3) is 10.1 Å². The van der Waals surface area contributed by atoms with E-state index in [0.717, 1.165) is 19.4 Å². The molecule has 0 saturated carbocycles. The highest BCUT2D eigenvalue weighted by Crippen LogP contribution is 2.36. The van der Waals surface area contributed by atoms with Crippen LogP contribution in [0.3, 0.4) is 0 Å². The minimum absolute atomic E-state index is 0.0325. The number of halogens is 1. The van der Waals surface area contributed by atoms with Crippen molar-refractivity contribution in [3.8, 4) is 6.07 Å². The number of aliphatic hydroxyl groups is 1. The highest BCUT2D eigenvalue weighted by Gasteiger charge is 2.12. The molecule has 1 heterocycles. The Morgan fingerprint density at radius 3 is 2.93 bits per heavy atom. The molecule has 0 unspecified atom stereocenters. The minimum Gasteiger partial charge on any atom is -0.392 e. The van der Waals surface area contributed by atoms with Crippen LogP contribution >= 0.6 is 27.3 Å². The van der Waals surface area contributed by atoms with Crippen LogP contribution in [-0.2, 0) is 6.61 Å². The Morgan fingerprint density at radius 2 is 2.29 bits per heavy atom. The molecule has 0 radical (unpaired) electrons. The van der Waals surface area contributed by atoms with Crippen LogP contribution < -0.4 is 0 Å². The number of nitriles is 1. The van der Waals surface area contributed by atoms with Crippen molar-refractivity contribution in [3.63, 3.8) is 0 Å². The van der Waals surface area contributed by atoms with Crippen LogP contribution in [0.15, 0.2) is 22.0 Å². The summed E-state index contributed by atoms with van der Waals surface area (Å²) >= 11 is 4.86. The van der Waals surface area contributed by atoms with Crippen LogP contribution in [0.4, 0.5) is 0 Å². The topological polar surface area (TPSA) is 44.0 Å². The molecule has 0 aliphatic rings. The number of rotatable bonds is 1. The fraction of sp³-hybridized carbons (Fsp3) is 0.100. The molecule has 0 saturated heterocycles. The van der Waals surface area contributed by atoms with Gasteiger partial charge in [-0.1, -0.05) is 12.1 Å². The maximum absolute atomic E-state index is 9.14. The van der Waals surface area contributed by atoms with E-state index in [4.69, 9.17) is 10.4 Å². The first-order chi connectivity index (χ1) is 6.77. The maximum Gasteiger partial charge on any atom is 0.102 e. The van der Waals surface area contributed by atoms with E-state index in [9.17, 15) is 0 Å². The molecule has 0 fully saturated rings. The molecule has 2 rings (SSSR count). The van der Waals surface area contributed by atoms with Crippen molar-refractivity contribution >= 4 is 37.4 Å². The van der Waals surface area contributed by atoms with Gasteiger partial charge >= 0.3 is 0 Å². The summed E-state index contributed by atoms with van der Waals surface area (Å²) in [6.45, 7) is -0.0325. The van der Waals surface area contributed by atoms with Crippen LogP contribution in [-0.4, -0.2) is 5.11 Å². The lowest BCUT2D eigenvalue weighted by molar-refractivity contribution is 0.283. The first-order valence-corrected chi connectivity index (χ1v) is 5.59. The van der Waals surface area contributed by atoms with Crippen molar-refractivity contribution in [1.82, 2.24) is 0 Å². The van der Waals surface area contributed by atoms with E-state index in [0.29, 0.717) is 5.56 Å². The van der Waals surface area contributed by atoms with E-state index in [1.807, 2.05) is 18.2 Å². The van der Waals surface area contributed by atoms with Gasteiger partial charge in [0, 0.05) is 10.1 Å². The second-order valence-electron chi connectivity index (χ2n) is 2.81. The molecule has 0 spiro atoms. The monoisotopic (exact) mass is 267 g/mol. The number of thiophene rings is 1. The highest BCUT2D eigenvalue weighted by atomic mass is 79.9. The van der Waals surface area contributed by atoms with Crippen molar-refractivity contribution < 1.29 is 5.11 Å². The molecule has 1 N–H and O–H groups in total. The molecule has 70 valence electrons. The largest absolute Gasteiger partial charge is 0.392 e. The van der Waals surface area contributed by atoms with Gasteiger partial charge in [0.2, 0.25) is 0 Å². The van der Waals surface area contributed by atoms with Crippen LogP contribution in [0.2, 0.25) is 0 Å². The van der Waals surface area contributed by atoms with E-state index in [1.54, 1.807) is 0 Å². The molecule has 0 aliphatic heterocycles. The van der Waals surface area contributed by atoms with Gasteiger partial charge in [0.15, 0.2) is 0 Å². The summed E-state index contributed by atoms with van der Waals surface area (Å²) < 4.78 is 1.86. The number of benzene rings is 1. The van der Waals surface area contributed by atoms with E-state index >= 15 is 0 Å². The van der Waals surface area contributed by atoms with Gasteiger partial charge in [-0.2, -0.15) is 5.26 Å². The summed E-state index contributed by atoms with van der Waals surface area (Å²) in [4.78, 5) is 0. The number of hydrogen-bond donors (Lipinski definition) is 1. The third-order valence-electron chi connectivity index (χ3n) is 2.04. The zero-order valence-corrected chi connectivity index (χ0v) is 9.52. The first kappa shape index (κ1) is 9.66. The number of hydrogen-bond acceptors (Lipinski definition) is 3. The Morgan fingerprint density at radius 1 is 1.50 bits per heavy atom. The predicted molar refractivity (Wildman–Crippen MR) is 60.2 cm³/mol. The van der Waals surface area contributed by atoms with Gasteiger partial charge in [-0.05, 0) is 27.6 Å². The SMILES string of the molecule is N#Cc1c(Br)sc2cccc(CO)c12. The van der Waals surface area contributed by atoms with Gasteiger partial charge < -0.3 is 5.11 Å². The van der Waals surface area contributed by atoms with Crippen molar-refractivity contribution in [2.45, 2.75) is 6.61 Å². The standard InChI is InChI=1S/C10H6BrNOS/c11-10-7(4-12)9-6(5-13)2-1-3-8(9)14-10/h1-3,13H,5H2. The smallest absolute Gasteiger partial charge is 0.102 e. The van der Waals surface area contributed by atoms with E-state index < -0.39 is 0 Å². The molecule has 1 aromatic heterocycles. The molecular weight excluding hydrogens is 262 g/mol. The molecule has 2 aromatic rings. The van der Waals surface area contributed by atoms with Crippen molar-refractivity contribution in [2.24, 2.45) is 0 Å². The summed E-state index contributed by atoms with van der Waals surface area (Å²) in [6.07, 6.45) is 0. The number of fused-ring (bicyclic) bond motifs is 1. The fourth-order valence-electron chi connectivity index (χ4n) is 1.42. The average Bonchev–Trinajstić information content (AvgIpc) is 2.52. The zero-order chi connectivity index (χ0) is 10.1. The van der Waals surface area contributed by atoms with E-state index in [2.05, 4.69) is 22.0 Å². The molecule has 0 bridgehead atoms. The highest BCUT2D eigenvalue weighted by molar-refractivity contribution is 9.11. The average molecular weight is 268 g/mol. The Labute approximate surface area is 93.5 Å². The Hall–Kier alpha value is -0.890. The zero-order valence-electron chi connectivity index (χ0n) is 7.12. The Bertz CT molecular complexity index is 527. The lowest BCUT2D eigenvalue weighted by atomic mass is 10.1. The molecule has 1 aromatic carbocycles. The van der Waals surface area contributed by atoms with E-state index in [1.165, 1.54) is 11.3 Å². The molecule has 0 aliphatic carbocycles. The second-order valence-corrected chi connectivity index (χ2v) is 5.18. The van der Waals surface area contributed by atoms with Crippen LogP contribution in [0, 0.1) is 11.3 Å². The summed E-state index contributed by atoms with van der Waals surface area (Å²) in [5.74, 6) is 0. The van der Waals surface area contributed by atoms with Gasteiger partial charge in [0.05, 0.1) is 16.0 Å². The summed E-state index contributed by atoms with van der Waals surface area (Å²) in [5, 5.41) is 19.0. The number of nitrogens with zero attached hydrogens (tertiary/aromatic N) is 1. The van der Waals surface area contributed by atoms with Crippen molar-refractivity contribution in [1.29, 1.82) is 5.26 Å². The Kier molecular flexibility index (Phi) is 2.55. The molecule has 0 atom stereocenters. The van der Waals surface area contributed by atoms with Crippen LogP contribution in [0.5, 0.6) is 0 Å². The van der Waals surface area contributed by atoms with Crippen molar-refractivity contribution in [3.05, 3.63) is 33.1 Å². The minimum atomic E-state index is -0.0325. The second kappa shape index (κ2) is 3.70. The van der Waals surface area contributed by atoms with Crippen molar-refractivity contribution in [2.75, 3.05) is 0 Å². The molecule has 14 heavy (non-hydrogen) atoms. The predicted octanol–water partition coefficient (Wildman–Crippen LogP) is 3.03. The summed E-state index contributed by atoms with van der Waals surface area (Å²) in [6, 6.07) is 7.82. The van der Waals surface area contributed by atoms with Gasteiger partial charge in [0.25, 0.3) is 0 Å². The molecule has 0 amide bonds. The fourth-order valence-corrected chi connectivity index (χ4v) is 3.16. The van der Waals surface area contributed by atoms with Gasteiger partial charge in [-0.15, -0.1) is 11.3 Å². The van der Waals surface area contributed by atoms with Gasteiger partial charge in [-0.3, -0.25) is 0 Å². The quantitative estimate of drug-likeness (QED) is 0.863. The van der Waals surface area contributed by atoms with E-state index in [-0.39, 0.29) is 6.61 Å². The number of aliphatic hydroxyl groups excluding tert-OH is 1. The summed E-state index contributed by atoms with van der Waals surface area (Å²) in [5.41, 5.74) is 1.43. The maximum atomic E-state index is 9.14. The van der Waals surface area contributed by atoms with Gasteiger partial charge in [0.1, 0.15) is 6.07 Å². The Balaban J connectivity index is 2.91. The lowest BCUT2D eigenvalue weighted by Gasteiger charge is -1.98. The van der Waals surface area contributed by atoms with Crippen LogP contribution in [0.1, 0.15) is 11.1 Å².